The molecule has 144 valence electrons. The molecular weight excluding hydrogens is 360 g/mol. The number of nitrogens with zero attached hydrogens (tertiary/aromatic N) is 2. The molecule has 1 atom stereocenters. The van der Waals surface area contributed by atoms with E-state index < -0.39 is 0 Å². The van der Waals surface area contributed by atoms with Gasteiger partial charge in [0, 0.05) is 12.1 Å². The summed E-state index contributed by atoms with van der Waals surface area (Å²) in [6, 6.07) is 5.85. The Hall–Kier alpha value is -2.25. The first-order chi connectivity index (χ1) is 13.0. The Morgan fingerprint density at radius 3 is 2.78 bits per heavy atom. The van der Waals surface area contributed by atoms with Gasteiger partial charge in [-0.3, -0.25) is 19.5 Å². The number of piperidine rings is 1. The van der Waals surface area contributed by atoms with Gasteiger partial charge >= 0.3 is 0 Å². The zero-order valence-corrected chi connectivity index (χ0v) is 16.4. The molecule has 1 aliphatic heterocycles. The number of amides is 2. The second-order valence-electron chi connectivity index (χ2n) is 7.11. The lowest BCUT2D eigenvalue weighted by Gasteiger charge is -2.30. The molecule has 7 heteroatoms. The summed E-state index contributed by atoms with van der Waals surface area (Å²) in [5.41, 5.74) is 8.55. The van der Waals surface area contributed by atoms with Crippen LogP contribution in [0.15, 0.2) is 35.2 Å². The molecule has 27 heavy (non-hydrogen) atoms. The minimum absolute atomic E-state index is 0.0159. The van der Waals surface area contributed by atoms with Crippen molar-refractivity contribution in [2.45, 2.75) is 32.2 Å². The van der Waals surface area contributed by atoms with E-state index in [4.69, 9.17) is 5.73 Å². The molecule has 0 spiro atoms. The van der Waals surface area contributed by atoms with Gasteiger partial charge < -0.3 is 11.1 Å². The van der Waals surface area contributed by atoms with Crippen LogP contribution in [-0.4, -0.2) is 41.3 Å². The Labute approximate surface area is 163 Å². The van der Waals surface area contributed by atoms with E-state index in [9.17, 15) is 9.59 Å². The lowest BCUT2D eigenvalue weighted by Crippen LogP contribution is -2.44. The number of aromatic nitrogens is 1. The van der Waals surface area contributed by atoms with Crippen LogP contribution >= 0.6 is 11.3 Å². The average Bonchev–Trinajstić information content (AvgIpc) is 3.15. The van der Waals surface area contributed by atoms with Gasteiger partial charge in [-0.05, 0) is 73.3 Å². The van der Waals surface area contributed by atoms with E-state index in [2.05, 4.69) is 26.6 Å². The number of aryl methyl sites for hydroxylation is 1. The van der Waals surface area contributed by atoms with Gasteiger partial charge in [0.15, 0.2) is 0 Å². The standard InChI is InChI=1S/C20H26N4O2S/c1-14-3-2-7-22-19(14)17(11-15-6-10-27-13-15)23-18(25)12-24-8-4-16(5-9-24)20(21)26/h2-3,6-7,10,13,16-17H,4-5,8-9,11-12H2,1H3,(H2,21,26)(H,23,25)/t17-/m0/s1. The highest BCUT2D eigenvalue weighted by atomic mass is 32.1. The van der Waals surface area contributed by atoms with Crippen LogP contribution in [0.1, 0.15) is 35.7 Å². The van der Waals surface area contributed by atoms with E-state index in [1.807, 2.05) is 24.4 Å². The molecule has 1 aliphatic rings. The van der Waals surface area contributed by atoms with Gasteiger partial charge in [-0.1, -0.05) is 6.07 Å². The number of thiophene rings is 1. The number of nitrogens with two attached hydrogens (primary N) is 1. The Morgan fingerprint density at radius 2 is 2.15 bits per heavy atom. The zero-order valence-electron chi connectivity index (χ0n) is 15.6. The molecule has 0 saturated carbocycles. The summed E-state index contributed by atoms with van der Waals surface area (Å²) in [6.45, 7) is 3.79. The summed E-state index contributed by atoms with van der Waals surface area (Å²) in [7, 11) is 0. The highest BCUT2D eigenvalue weighted by Gasteiger charge is 2.25. The molecule has 2 amide bonds. The van der Waals surface area contributed by atoms with Crippen molar-refractivity contribution in [3.63, 3.8) is 0 Å². The van der Waals surface area contributed by atoms with Gasteiger partial charge in [0.25, 0.3) is 0 Å². The zero-order chi connectivity index (χ0) is 19.2. The predicted molar refractivity (Wildman–Crippen MR) is 106 cm³/mol. The molecule has 0 bridgehead atoms. The number of rotatable bonds is 7. The molecule has 3 rings (SSSR count). The first kappa shape index (κ1) is 19.5. The Balaban J connectivity index is 1.62. The molecule has 3 heterocycles. The summed E-state index contributed by atoms with van der Waals surface area (Å²) in [5, 5.41) is 7.31. The monoisotopic (exact) mass is 386 g/mol. The van der Waals surface area contributed by atoms with Crippen LogP contribution in [0.2, 0.25) is 0 Å². The summed E-state index contributed by atoms with van der Waals surface area (Å²) < 4.78 is 0. The normalized spacial score (nSPS) is 16.8. The van der Waals surface area contributed by atoms with Gasteiger partial charge in [-0.15, -0.1) is 0 Å². The van der Waals surface area contributed by atoms with E-state index >= 15 is 0 Å². The summed E-state index contributed by atoms with van der Waals surface area (Å²) >= 11 is 1.65. The Bertz CT molecular complexity index is 770. The van der Waals surface area contributed by atoms with Crippen LogP contribution in [-0.2, 0) is 16.0 Å². The van der Waals surface area contributed by atoms with Gasteiger partial charge in [0.1, 0.15) is 0 Å². The number of likely N-dealkylation sites (tertiary alicyclic amines) is 1. The van der Waals surface area contributed by atoms with Crippen LogP contribution in [0.4, 0.5) is 0 Å². The van der Waals surface area contributed by atoms with Crippen molar-refractivity contribution in [3.8, 4) is 0 Å². The van der Waals surface area contributed by atoms with Crippen LogP contribution in [0.5, 0.6) is 0 Å². The highest BCUT2D eigenvalue weighted by molar-refractivity contribution is 7.07. The fourth-order valence-corrected chi connectivity index (χ4v) is 4.22. The molecule has 1 saturated heterocycles. The minimum atomic E-state index is -0.236. The number of hydrogen-bond acceptors (Lipinski definition) is 5. The fraction of sp³-hybridized carbons (Fsp3) is 0.450. The average molecular weight is 387 g/mol. The van der Waals surface area contributed by atoms with Crippen LogP contribution in [0.25, 0.3) is 0 Å². The fourth-order valence-electron chi connectivity index (χ4n) is 3.54. The SMILES string of the molecule is Cc1cccnc1[C@H](Cc1ccsc1)NC(=O)CN1CCC(C(N)=O)CC1. The smallest absolute Gasteiger partial charge is 0.234 e. The number of carbonyl (C=O) groups excluding carboxylic acids is 2. The van der Waals surface area contributed by atoms with Crippen molar-refractivity contribution in [1.29, 1.82) is 0 Å². The molecular formula is C20H26N4O2S. The lowest BCUT2D eigenvalue weighted by molar-refractivity contribution is -0.124. The second kappa shape index (κ2) is 9.10. The van der Waals surface area contributed by atoms with E-state index in [-0.39, 0.29) is 23.8 Å². The first-order valence-electron chi connectivity index (χ1n) is 9.26. The molecule has 1 fully saturated rings. The highest BCUT2D eigenvalue weighted by Crippen LogP contribution is 2.21. The van der Waals surface area contributed by atoms with Gasteiger partial charge in [-0.2, -0.15) is 11.3 Å². The molecule has 0 aliphatic carbocycles. The number of nitrogens with one attached hydrogen (secondary N) is 1. The second-order valence-corrected chi connectivity index (χ2v) is 7.89. The third kappa shape index (κ3) is 5.37. The molecule has 0 radical (unpaired) electrons. The third-order valence-corrected chi connectivity index (χ3v) is 5.82. The molecule has 0 aromatic carbocycles. The first-order valence-corrected chi connectivity index (χ1v) is 10.2. The van der Waals surface area contributed by atoms with Crippen molar-refractivity contribution in [3.05, 3.63) is 52.0 Å². The minimum Gasteiger partial charge on any atom is -0.369 e. The van der Waals surface area contributed by atoms with Gasteiger partial charge in [0.2, 0.25) is 11.8 Å². The topological polar surface area (TPSA) is 88.3 Å². The maximum atomic E-state index is 12.7. The van der Waals surface area contributed by atoms with Crippen molar-refractivity contribution in [2.24, 2.45) is 11.7 Å². The number of carbonyl (C=O) groups is 2. The van der Waals surface area contributed by atoms with Crippen molar-refractivity contribution in [2.75, 3.05) is 19.6 Å². The van der Waals surface area contributed by atoms with Crippen LogP contribution in [0, 0.1) is 12.8 Å². The molecule has 3 N–H and O–H groups in total. The third-order valence-electron chi connectivity index (χ3n) is 5.09. The van der Waals surface area contributed by atoms with Gasteiger partial charge in [-0.25, -0.2) is 0 Å². The summed E-state index contributed by atoms with van der Waals surface area (Å²) in [5.74, 6) is -0.315. The van der Waals surface area contributed by atoms with E-state index in [0.29, 0.717) is 6.54 Å². The van der Waals surface area contributed by atoms with Crippen molar-refractivity contribution >= 4 is 23.2 Å². The maximum Gasteiger partial charge on any atom is 0.234 e. The van der Waals surface area contributed by atoms with Gasteiger partial charge in [0.05, 0.1) is 18.3 Å². The maximum absolute atomic E-state index is 12.7. The Kier molecular flexibility index (Phi) is 6.58. The predicted octanol–water partition coefficient (Wildman–Crippen LogP) is 2.05. The van der Waals surface area contributed by atoms with Crippen LogP contribution in [0.3, 0.4) is 0 Å². The number of hydrogen-bond donors (Lipinski definition) is 2. The number of pyridine rings is 1. The lowest BCUT2D eigenvalue weighted by atomic mass is 9.96. The van der Waals surface area contributed by atoms with E-state index in [1.165, 1.54) is 5.56 Å². The van der Waals surface area contributed by atoms with E-state index in [1.54, 1.807) is 17.5 Å². The van der Waals surface area contributed by atoms with Crippen LogP contribution < -0.4 is 11.1 Å². The molecule has 0 unspecified atom stereocenters. The molecule has 6 nitrogen and oxygen atoms in total. The summed E-state index contributed by atoms with van der Waals surface area (Å²) in [6.07, 6.45) is 3.93. The van der Waals surface area contributed by atoms with Crippen molar-refractivity contribution < 1.29 is 9.59 Å². The quantitative estimate of drug-likeness (QED) is 0.762. The molecule has 2 aromatic heterocycles. The van der Waals surface area contributed by atoms with E-state index in [0.717, 1.165) is 43.6 Å². The largest absolute Gasteiger partial charge is 0.369 e. The summed E-state index contributed by atoms with van der Waals surface area (Å²) in [4.78, 5) is 30.6. The molecule has 2 aromatic rings. The van der Waals surface area contributed by atoms with Crippen molar-refractivity contribution in [1.82, 2.24) is 15.2 Å². The number of primary amides is 1. The Morgan fingerprint density at radius 1 is 1.37 bits per heavy atom.